The van der Waals surface area contributed by atoms with Gasteiger partial charge in [-0.2, -0.15) is 17.2 Å². The molecule has 0 bridgehead atoms. The van der Waals surface area contributed by atoms with Gasteiger partial charge < -0.3 is 9.30 Å². The first-order chi connectivity index (χ1) is 28.6. The molecule has 3 aromatic heterocycles. The van der Waals surface area contributed by atoms with Crippen LogP contribution in [0.25, 0.3) is 66.7 Å². The third kappa shape index (κ3) is 7.92. The molecule has 6 aromatic carbocycles. The maximum Gasteiger partial charge on any atom is 2.00 e. The third-order valence-corrected chi connectivity index (χ3v) is 11.0. The monoisotopic (exact) mass is 949 g/mol. The van der Waals surface area contributed by atoms with Gasteiger partial charge in [0.05, 0.1) is 5.69 Å². The van der Waals surface area contributed by atoms with Gasteiger partial charge in [-0.05, 0) is 89.7 Å². The summed E-state index contributed by atoms with van der Waals surface area (Å²) < 4.78 is 11.0. The number of ether oxygens (including phenoxy) is 1. The molecule has 294 valence electrons. The Morgan fingerprint density at radius 2 is 1.27 bits per heavy atom. The molecule has 9 aromatic rings. The van der Waals surface area contributed by atoms with Gasteiger partial charge in [0, 0.05) is 40.0 Å². The first-order valence-corrected chi connectivity index (χ1v) is 20.5. The van der Waals surface area contributed by atoms with Crippen LogP contribution >= 0.6 is 0 Å². The standard InChI is InChI=1S/C53H46N4O.Pt/c1-4-6-27-47-53(52-43(38-18-10-8-11-19-38)25-17-26-44(52)39-20-12-9-13-21-39)49(28-7-5-2)57(55-47)40-22-16-23-41(35-40)58-42-30-31-46-45-24-14-15-29-48(45)56(50(46)36-42)51-34-37(3)32-33-54-51;/h8-26,29-34H,4-7,27-28H2,1-3H3;/q-2;+2. The summed E-state index contributed by atoms with van der Waals surface area (Å²) in [6, 6.07) is 58.3. The summed E-state index contributed by atoms with van der Waals surface area (Å²) in [5.41, 5.74) is 13.6. The van der Waals surface area contributed by atoms with Crippen LogP contribution in [-0.2, 0) is 33.9 Å². The molecule has 9 rings (SSSR count). The van der Waals surface area contributed by atoms with Crippen LogP contribution in [0.5, 0.6) is 11.5 Å². The summed E-state index contributed by atoms with van der Waals surface area (Å²) in [5, 5.41) is 7.74. The molecule has 0 radical (unpaired) electrons. The van der Waals surface area contributed by atoms with E-state index in [4.69, 9.17) is 14.8 Å². The van der Waals surface area contributed by atoms with Crippen molar-refractivity contribution >= 4 is 21.8 Å². The maximum absolute atomic E-state index is 6.63. The predicted molar refractivity (Wildman–Crippen MR) is 238 cm³/mol. The number of nitrogens with zero attached hydrogens (tertiary/aromatic N) is 4. The second-order valence-corrected chi connectivity index (χ2v) is 15.0. The van der Waals surface area contributed by atoms with Crippen molar-refractivity contribution in [1.82, 2.24) is 19.3 Å². The molecule has 0 amide bonds. The van der Waals surface area contributed by atoms with Gasteiger partial charge in [0.25, 0.3) is 0 Å². The molecule has 0 N–H and O–H groups in total. The van der Waals surface area contributed by atoms with Crippen LogP contribution in [0.15, 0.2) is 152 Å². The van der Waals surface area contributed by atoms with Crippen molar-refractivity contribution < 1.29 is 25.8 Å². The van der Waals surface area contributed by atoms with Crippen LogP contribution in [0.3, 0.4) is 0 Å². The van der Waals surface area contributed by atoms with E-state index in [0.717, 1.165) is 83.1 Å². The SMILES string of the molecule is CCCCc1nn(-c2[c-]c(Oc3[c-]c4c(cc3)c3ccccc3n4-c3cc(C)ccn3)ccc2)c(CCCC)c1-c1c(-c2ccccc2)cccc1-c1ccccc1.[Pt+2]. The first-order valence-electron chi connectivity index (χ1n) is 20.5. The van der Waals surface area contributed by atoms with Gasteiger partial charge in [0.1, 0.15) is 5.82 Å². The van der Waals surface area contributed by atoms with E-state index in [2.05, 4.69) is 163 Å². The number of hydrogen-bond donors (Lipinski definition) is 0. The molecule has 0 aliphatic heterocycles. The second kappa shape index (κ2) is 17.8. The smallest absolute Gasteiger partial charge is 0.509 e. The van der Waals surface area contributed by atoms with Gasteiger partial charge in [0.2, 0.25) is 0 Å². The Morgan fingerprint density at radius 1 is 0.610 bits per heavy atom. The van der Waals surface area contributed by atoms with Crippen molar-refractivity contribution in [3.8, 4) is 56.4 Å². The fourth-order valence-corrected chi connectivity index (χ4v) is 8.18. The molecular formula is C53H46N4OPt. The van der Waals surface area contributed by atoms with E-state index < -0.39 is 0 Å². The molecule has 59 heavy (non-hydrogen) atoms. The Kier molecular flexibility index (Phi) is 12.0. The molecule has 0 aliphatic carbocycles. The average molecular weight is 950 g/mol. The zero-order valence-corrected chi connectivity index (χ0v) is 36.0. The topological polar surface area (TPSA) is 44.9 Å². The Hall–Kier alpha value is -6.03. The molecule has 0 saturated heterocycles. The largest absolute Gasteiger partial charge is 2.00 e. The van der Waals surface area contributed by atoms with E-state index in [1.165, 1.54) is 39.1 Å². The first kappa shape index (κ1) is 39.8. The molecule has 0 atom stereocenters. The number of hydrogen-bond acceptors (Lipinski definition) is 3. The summed E-state index contributed by atoms with van der Waals surface area (Å²) >= 11 is 0. The number of pyridine rings is 1. The quantitative estimate of drug-likeness (QED) is 0.108. The van der Waals surface area contributed by atoms with Gasteiger partial charge in [-0.3, -0.25) is 4.68 Å². The predicted octanol–water partition coefficient (Wildman–Crippen LogP) is 13.7. The number of rotatable bonds is 13. The average Bonchev–Trinajstić information content (AvgIpc) is 3.80. The van der Waals surface area contributed by atoms with Gasteiger partial charge in [-0.25, -0.2) is 4.98 Å². The van der Waals surface area contributed by atoms with E-state index in [-0.39, 0.29) is 21.1 Å². The van der Waals surface area contributed by atoms with Gasteiger partial charge in [0.15, 0.2) is 0 Å². The third-order valence-electron chi connectivity index (χ3n) is 11.0. The summed E-state index contributed by atoms with van der Waals surface area (Å²) in [5.74, 6) is 2.07. The minimum absolute atomic E-state index is 0. The molecule has 0 saturated carbocycles. The number of fused-ring (bicyclic) bond motifs is 3. The van der Waals surface area contributed by atoms with Crippen LogP contribution in [0.1, 0.15) is 56.5 Å². The Balaban J connectivity index is 0.00000484. The molecular weight excluding hydrogens is 904 g/mol. The summed E-state index contributed by atoms with van der Waals surface area (Å²) in [6.45, 7) is 6.60. The number of aryl methyl sites for hydroxylation is 2. The molecule has 0 fully saturated rings. The van der Waals surface area contributed by atoms with Crippen LogP contribution in [-0.4, -0.2) is 19.3 Å². The van der Waals surface area contributed by atoms with Gasteiger partial charge in [-0.1, -0.05) is 129 Å². The Morgan fingerprint density at radius 3 is 1.98 bits per heavy atom. The summed E-state index contributed by atoms with van der Waals surface area (Å²) in [6.07, 6.45) is 7.85. The molecule has 6 heteroatoms. The van der Waals surface area contributed by atoms with E-state index in [0.29, 0.717) is 11.5 Å². The molecule has 0 spiro atoms. The van der Waals surface area contributed by atoms with Crippen molar-refractivity contribution in [1.29, 1.82) is 0 Å². The number of aromatic nitrogens is 4. The van der Waals surface area contributed by atoms with Crippen molar-refractivity contribution in [3.63, 3.8) is 0 Å². The Labute approximate surface area is 361 Å². The molecule has 5 nitrogen and oxygen atoms in total. The fraction of sp³-hybridized carbons (Fsp3) is 0.170. The zero-order valence-electron chi connectivity index (χ0n) is 33.7. The van der Waals surface area contributed by atoms with E-state index in [1.807, 2.05) is 30.5 Å². The second-order valence-electron chi connectivity index (χ2n) is 15.0. The number of para-hydroxylation sites is 1. The van der Waals surface area contributed by atoms with Crippen LogP contribution in [0.4, 0.5) is 0 Å². The fourth-order valence-electron chi connectivity index (χ4n) is 8.18. The van der Waals surface area contributed by atoms with Crippen molar-refractivity contribution in [3.05, 3.63) is 181 Å². The summed E-state index contributed by atoms with van der Waals surface area (Å²) in [7, 11) is 0. The van der Waals surface area contributed by atoms with Gasteiger partial charge in [-0.15, -0.1) is 35.7 Å². The normalized spacial score (nSPS) is 11.2. The number of unbranched alkanes of at least 4 members (excludes halogenated alkanes) is 2. The minimum atomic E-state index is 0. The van der Waals surface area contributed by atoms with E-state index in [1.54, 1.807) is 0 Å². The summed E-state index contributed by atoms with van der Waals surface area (Å²) in [4.78, 5) is 4.75. The van der Waals surface area contributed by atoms with Crippen molar-refractivity contribution in [2.75, 3.05) is 0 Å². The van der Waals surface area contributed by atoms with Gasteiger partial charge >= 0.3 is 21.1 Å². The zero-order chi connectivity index (χ0) is 39.4. The maximum atomic E-state index is 6.63. The van der Waals surface area contributed by atoms with Crippen LogP contribution < -0.4 is 4.74 Å². The molecule has 0 unspecified atom stereocenters. The van der Waals surface area contributed by atoms with E-state index in [9.17, 15) is 0 Å². The van der Waals surface area contributed by atoms with Crippen molar-refractivity contribution in [2.24, 2.45) is 0 Å². The van der Waals surface area contributed by atoms with E-state index >= 15 is 0 Å². The molecule has 3 heterocycles. The molecule has 0 aliphatic rings. The van der Waals surface area contributed by atoms with Crippen molar-refractivity contribution in [2.45, 2.75) is 59.3 Å². The van der Waals surface area contributed by atoms with Crippen LogP contribution in [0, 0.1) is 19.1 Å². The Bertz CT molecular complexity index is 2800. The van der Waals surface area contributed by atoms with Crippen LogP contribution in [0.2, 0.25) is 0 Å². The number of benzene rings is 6. The minimum Gasteiger partial charge on any atom is -0.509 e.